The van der Waals surface area contributed by atoms with Crippen LogP contribution in [0.15, 0.2) is 45.5 Å². The lowest BCUT2D eigenvalue weighted by atomic mass is 10.3. The molecule has 114 valence electrons. The zero-order chi connectivity index (χ0) is 15.8. The number of furan rings is 1. The molecule has 1 amide bonds. The van der Waals surface area contributed by atoms with Crippen molar-refractivity contribution in [3.8, 4) is 23.3 Å². The minimum Gasteiger partial charge on any atom is -0.493 e. The summed E-state index contributed by atoms with van der Waals surface area (Å²) in [5.74, 6) is 6.82. The van der Waals surface area contributed by atoms with E-state index in [1.165, 1.54) is 0 Å². The minimum absolute atomic E-state index is 0.211. The summed E-state index contributed by atoms with van der Waals surface area (Å²) in [4.78, 5) is 11.7. The van der Waals surface area contributed by atoms with E-state index in [0.717, 1.165) is 0 Å². The normalized spacial score (nSPS) is 9.55. The standard InChI is InChI=1S/C16H14BrNO4/c1-20-12-6-2-3-7-13(12)21-11-5-4-10-18-16(19)14-8-9-15(17)22-14/h2-3,6-9H,10-11H2,1H3,(H,18,19). The Balaban J connectivity index is 1.74. The molecule has 0 spiro atoms. The first kappa shape index (κ1) is 16.0. The Morgan fingerprint density at radius 1 is 1.23 bits per heavy atom. The maximum atomic E-state index is 11.7. The number of amides is 1. The molecule has 0 unspecified atom stereocenters. The number of rotatable bonds is 5. The predicted molar refractivity (Wildman–Crippen MR) is 85.0 cm³/mol. The van der Waals surface area contributed by atoms with Crippen LogP contribution in [0.2, 0.25) is 0 Å². The van der Waals surface area contributed by atoms with Crippen molar-refractivity contribution in [2.75, 3.05) is 20.3 Å². The zero-order valence-electron chi connectivity index (χ0n) is 11.9. The third kappa shape index (κ3) is 4.57. The molecule has 0 bridgehead atoms. The molecule has 2 aromatic rings. The first-order valence-electron chi connectivity index (χ1n) is 6.46. The second-order valence-corrected chi connectivity index (χ2v) is 4.86. The molecule has 0 saturated carbocycles. The fourth-order valence-electron chi connectivity index (χ4n) is 1.61. The molecule has 5 nitrogen and oxygen atoms in total. The van der Waals surface area contributed by atoms with Crippen molar-refractivity contribution in [2.45, 2.75) is 0 Å². The molecule has 0 aliphatic rings. The Labute approximate surface area is 136 Å². The van der Waals surface area contributed by atoms with Crippen LogP contribution >= 0.6 is 15.9 Å². The van der Waals surface area contributed by atoms with Gasteiger partial charge in [0.05, 0.1) is 13.7 Å². The predicted octanol–water partition coefficient (Wildman–Crippen LogP) is 2.86. The quantitative estimate of drug-likeness (QED) is 0.829. The van der Waals surface area contributed by atoms with E-state index < -0.39 is 0 Å². The monoisotopic (exact) mass is 363 g/mol. The Kier molecular flexibility index (Phi) is 5.92. The van der Waals surface area contributed by atoms with Gasteiger partial charge < -0.3 is 19.2 Å². The molecule has 0 radical (unpaired) electrons. The third-order valence-electron chi connectivity index (χ3n) is 2.63. The minimum atomic E-state index is -0.314. The van der Waals surface area contributed by atoms with Gasteiger partial charge in [-0.25, -0.2) is 0 Å². The second kappa shape index (κ2) is 8.15. The summed E-state index contributed by atoms with van der Waals surface area (Å²) >= 11 is 3.14. The molecule has 6 heteroatoms. The Hall–Kier alpha value is -2.39. The zero-order valence-corrected chi connectivity index (χ0v) is 13.5. The molecule has 1 aromatic heterocycles. The van der Waals surface area contributed by atoms with E-state index in [0.29, 0.717) is 16.2 Å². The van der Waals surface area contributed by atoms with Gasteiger partial charge in [-0.05, 0) is 40.2 Å². The lowest BCUT2D eigenvalue weighted by Crippen LogP contribution is -2.23. The van der Waals surface area contributed by atoms with Gasteiger partial charge in [-0.15, -0.1) is 0 Å². The highest BCUT2D eigenvalue weighted by Gasteiger charge is 2.08. The van der Waals surface area contributed by atoms with Gasteiger partial charge in [0.25, 0.3) is 5.91 Å². The molecular weight excluding hydrogens is 350 g/mol. The molecule has 1 aromatic carbocycles. The Bertz CT molecular complexity index is 699. The van der Waals surface area contributed by atoms with Crippen molar-refractivity contribution >= 4 is 21.8 Å². The van der Waals surface area contributed by atoms with Crippen molar-refractivity contribution in [3.05, 3.63) is 46.8 Å². The first-order chi connectivity index (χ1) is 10.7. The van der Waals surface area contributed by atoms with Crippen LogP contribution in [0, 0.1) is 11.8 Å². The van der Waals surface area contributed by atoms with Crippen molar-refractivity contribution in [2.24, 2.45) is 0 Å². The van der Waals surface area contributed by atoms with E-state index >= 15 is 0 Å². The highest BCUT2D eigenvalue weighted by atomic mass is 79.9. The molecule has 0 atom stereocenters. The average molecular weight is 364 g/mol. The van der Waals surface area contributed by atoms with Gasteiger partial charge in [0, 0.05) is 0 Å². The summed E-state index contributed by atoms with van der Waals surface area (Å²) in [7, 11) is 1.58. The Morgan fingerprint density at radius 2 is 2.00 bits per heavy atom. The fourth-order valence-corrected chi connectivity index (χ4v) is 1.92. The van der Waals surface area contributed by atoms with Crippen LogP contribution in [0.1, 0.15) is 10.6 Å². The van der Waals surface area contributed by atoms with Gasteiger partial charge in [-0.3, -0.25) is 4.79 Å². The molecular formula is C16H14BrNO4. The molecule has 0 aliphatic heterocycles. The van der Waals surface area contributed by atoms with Crippen LogP contribution in [0.25, 0.3) is 0 Å². The molecule has 1 heterocycles. The molecule has 22 heavy (non-hydrogen) atoms. The first-order valence-corrected chi connectivity index (χ1v) is 7.25. The summed E-state index contributed by atoms with van der Waals surface area (Å²) in [6.45, 7) is 0.426. The largest absolute Gasteiger partial charge is 0.493 e. The SMILES string of the molecule is COc1ccccc1OCC#CCNC(=O)c1ccc(Br)o1. The van der Waals surface area contributed by atoms with E-state index in [1.807, 2.05) is 18.2 Å². The van der Waals surface area contributed by atoms with Gasteiger partial charge in [0.2, 0.25) is 0 Å². The number of hydrogen-bond donors (Lipinski definition) is 1. The number of ether oxygens (including phenoxy) is 2. The molecule has 0 fully saturated rings. The van der Waals surface area contributed by atoms with Crippen LogP contribution in [0.3, 0.4) is 0 Å². The second-order valence-electron chi connectivity index (χ2n) is 4.08. The van der Waals surface area contributed by atoms with Crippen molar-refractivity contribution < 1.29 is 18.7 Å². The van der Waals surface area contributed by atoms with Gasteiger partial charge in [0.1, 0.15) is 6.61 Å². The highest BCUT2D eigenvalue weighted by Crippen LogP contribution is 2.25. The fraction of sp³-hybridized carbons (Fsp3) is 0.188. The summed E-state index contributed by atoms with van der Waals surface area (Å²) in [5.41, 5.74) is 0. The number of para-hydroxylation sites is 2. The van der Waals surface area contributed by atoms with Crippen LogP contribution in [-0.2, 0) is 0 Å². The topological polar surface area (TPSA) is 60.7 Å². The number of hydrogen-bond acceptors (Lipinski definition) is 4. The highest BCUT2D eigenvalue weighted by molar-refractivity contribution is 9.10. The van der Waals surface area contributed by atoms with E-state index in [9.17, 15) is 4.79 Å². The number of nitrogens with one attached hydrogen (secondary N) is 1. The number of benzene rings is 1. The van der Waals surface area contributed by atoms with Gasteiger partial charge >= 0.3 is 0 Å². The average Bonchev–Trinajstić information content (AvgIpc) is 2.97. The lowest BCUT2D eigenvalue weighted by Gasteiger charge is -2.07. The molecule has 0 aliphatic carbocycles. The van der Waals surface area contributed by atoms with Crippen molar-refractivity contribution in [3.63, 3.8) is 0 Å². The summed E-state index contributed by atoms with van der Waals surface area (Å²) in [6.07, 6.45) is 0. The molecule has 1 N–H and O–H groups in total. The van der Waals surface area contributed by atoms with Crippen LogP contribution in [0.5, 0.6) is 11.5 Å². The van der Waals surface area contributed by atoms with E-state index in [4.69, 9.17) is 13.9 Å². The molecule has 2 rings (SSSR count). The maximum Gasteiger partial charge on any atom is 0.287 e. The van der Waals surface area contributed by atoms with Crippen LogP contribution in [0.4, 0.5) is 0 Å². The van der Waals surface area contributed by atoms with Crippen molar-refractivity contribution in [1.29, 1.82) is 0 Å². The summed E-state index contributed by atoms with van der Waals surface area (Å²) in [6, 6.07) is 10.6. The summed E-state index contributed by atoms with van der Waals surface area (Å²) < 4.78 is 16.3. The lowest BCUT2D eigenvalue weighted by molar-refractivity contribution is 0.0930. The number of halogens is 1. The van der Waals surface area contributed by atoms with Crippen LogP contribution < -0.4 is 14.8 Å². The van der Waals surface area contributed by atoms with E-state index in [1.54, 1.807) is 25.3 Å². The van der Waals surface area contributed by atoms with Gasteiger partial charge in [-0.2, -0.15) is 0 Å². The summed E-state index contributed by atoms with van der Waals surface area (Å²) in [5, 5.41) is 2.63. The third-order valence-corrected chi connectivity index (χ3v) is 3.05. The van der Waals surface area contributed by atoms with Crippen molar-refractivity contribution in [1.82, 2.24) is 5.32 Å². The van der Waals surface area contributed by atoms with Crippen LogP contribution in [-0.4, -0.2) is 26.2 Å². The van der Waals surface area contributed by atoms with E-state index in [-0.39, 0.29) is 24.8 Å². The van der Waals surface area contributed by atoms with Gasteiger partial charge in [-0.1, -0.05) is 24.0 Å². The van der Waals surface area contributed by atoms with E-state index in [2.05, 4.69) is 33.1 Å². The maximum absolute atomic E-state index is 11.7. The van der Waals surface area contributed by atoms with Gasteiger partial charge in [0.15, 0.2) is 21.9 Å². The number of methoxy groups -OCH3 is 1. The number of carbonyl (C=O) groups is 1. The smallest absolute Gasteiger partial charge is 0.287 e. The Morgan fingerprint density at radius 3 is 2.68 bits per heavy atom. The number of carbonyl (C=O) groups excluding carboxylic acids is 1. The molecule has 0 saturated heterocycles.